The molecule has 0 radical (unpaired) electrons. The Morgan fingerprint density at radius 2 is 1.71 bits per heavy atom. The molecular weight excluding hydrogens is 463 g/mol. The molecule has 5 rings (SSSR count). The average Bonchev–Trinajstić information content (AvgIpc) is 2.96. The van der Waals surface area contributed by atoms with Gasteiger partial charge in [0.2, 0.25) is 0 Å². The predicted molar refractivity (Wildman–Crippen MR) is 133 cm³/mol. The first kappa shape index (κ1) is 23.4. The van der Waals surface area contributed by atoms with Crippen molar-refractivity contribution < 1.29 is 18.2 Å². The molecule has 3 aromatic carbocycles. The van der Waals surface area contributed by atoms with Crippen molar-refractivity contribution in [1.29, 1.82) is 0 Å². The fraction of sp³-hybridized carbons (Fsp3) is 0.286. The van der Waals surface area contributed by atoms with Crippen molar-refractivity contribution in [2.75, 3.05) is 4.90 Å². The number of benzene rings is 3. The van der Waals surface area contributed by atoms with Crippen molar-refractivity contribution in [2.45, 2.75) is 55.0 Å². The number of hydrogen-bond donors (Lipinski definition) is 1. The molecule has 3 aromatic rings. The third kappa shape index (κ3) is 4.65. The lowest BCUT2D eigenvalue weighted by Crippen LogP contribution is -2.37. The summed E-state index contributed by atoms with van der Waals surface area (Å²) in [5.74, 6) is -0.362. The fourth-order valence-electron chi connectivity index (χ4n) is 4.83. The highest BCUT2D eigenvalue weighted by atomic mass is 32.2. The first-order chi connectivity index (χ1) is 16.9. The van der Waals surface area contributed by atoms with Gasteiger partial charge in [0.25, 0.3) is 11.8 Å². The molecule has 0 unspecified atom stereocenters. The molecular formula is C28H27FN2O3S. The normalized spacial score (nSPS) is 21.6. The molecule has 1 saturated carbocycles. The maximum atomic E-state index is 14.6. The van der Waals surface area contributed by atoms with Gasteiger partial charge in [-0.1, -0.05) is 37.3 Å². The minimum absolute atomic E-state index is 0.0460. The van der Waals surface area contributed by atoms with Gasteiger partial charge >= 0.3 is 0 Å². The van der Waals surface area contributed by atoms with E-state index in [-0.39, 0.29) is 24.4 Å². The molecule has 1 aliphatic carbocycles. The van der Waals surface area contributed by atoms with Gasteiger partial charge in [0.1, 0.15) is 5.82 Å². The third-order valence-electron chi connectivity index (χ3n) is 6.91. The number of halogens is 1. The summed E-state index contributed by atoms with van der Waals surface area (Å²) in [5, 5.41) is 3.11. The molecule has 1 heterocycles. The molecule has 1 fully saturated rings. The van der Waals surface area contributed by atoms with E-state index in [1.54, 1.807) is 60.7 Å². The van der Waals surface area contributed by atoms with Crippen LogP contribution in [0, 0.1) is 11.7 Å². The van der Waals surface area contributed by atoms with E-state index in [4.69, 9.17) is 0 Å². The Labute approximate surface area is 206 Å². The van der Waals surface area contributed by atoms with Crippen molar-refractivity contribution in [1.82, 2.24) is 5.32 Å². The molecule has 1 aliphatic heterocycles. The molecule has 0 bridgehead atoms. The minimum atomic E-state index is -1.63. The van der Waals surface area contributed by atoms with Crippen LogP contribution in [0.1, 0.15) is 58.9 Å². The summed E-state index contributed by atoms with van der Waals surface area (Å²) in [7, 11) is -1.63. The van der Waals surface area contributed by atoms with Crippen LogP contribution in [0.3, 0.4) is 0 Å². The van der Waals surface area contributed by atoms with E-state index in [9.17, 15) is 18.2 Å². The van der Waals surface area contributed by atoms with E-state index in [2.05, 4.69) is 12.2 Å². The molecule has 1 N–H and O–H groups in total. The maximum Gasteiger partial charge on any atom is 0.259 e. The predicted octanol–water partition coefficient (Wildman–Crippen LogP) is 5.46. The number of carbonyl (C=O) groups is 2. The molecule has 2 amide bonds. The quantitative estimate of drug-likeness (QED) is 0.528. The number of hydrogen-bond acceptors (Lipinski definition) is 3. The highest BCUT2D eigenvalue weighted by Crippen LogP contribution is 2.36. The zero-order chi connectivity index (χ0) is 24.5. The van der Waals surface area contributed by atoms with Crippen LogP contribution in [-0.2, 0) is 17.3 Å². The Morgan fingerprint density at radius 3 is 2.49 bits per heavy atom. The van der Waals surface area contributed by atoms with Gasteiger partial charge in [-0.15, -0.1) is 0 Å². The molecule has 0 aromatic heterocycles. The summed E-state index contributed by atoms with van der Waals surface area (Å²) in [6.45, 7) is 2.18. The van der Waals surface area contributed by atoms with Crippen LogP contribution in [0.15, 0.2) is 76.5 Å². The Bertz CT molecular complexity index is 1320. The molecule has 5 nitrogen and oxygen atoms in total. The van der Waals surface area contributed by atoms with Crippen LogP contribution in [0.25, 0.3) is 0 Å². The zero-order valence-corrected chi connectivity index (χ0v) is 20.3. The number of anilines is 1. The summed E-state index contributed by atoms with van der Waals surface area (Å²) >= 11 is 0. The van der Waals surface area contributed by atoms with Crippen molar-refractivity contribution in [3.05, 3.63) is 89.2 Å². The first-order valence-electron chi connectivity index (χ1n) is 11.9. The van der Waals surface area contributed by atoms with Crippen molar-refractivity contribution >= 4 is 28.3 Å². The topological polar surface area (TPSA) is 66.5 Å². The number of amides is 2. The molecule has 2 aliphatic rings. The summed E-state index contributed by atoms with van der Waals surface area (Å²) < 4.78 is 28.1. The van der Waals surface area contributed by atoms with Crippen LogP contribution in [0.2, 0.25) is 0 Å². The van der Waals surface area contributed by atoms with Gasteiger partial charge in [-0.2, -0.15) is 0 Å². The fourth-order valence-corrected chi connectivity index (χ4v) is 6.18. The van der Waals surface area contributed by atoms with Crippen molar-refractivity contribution in [3.8, 4) is 0 Å². The van der Waals surface area contributed by atoms with Gasteiger partial charge in [-0.05, 0) is 68.0 Å². The van der Waals surface area contributed by atoms with Gasteiger partial charge in [-0.3, -0.25) is 9.59 Å². The molecule has 0 spiro atoms. The van der Waals surface area contributed by atoms with Crippen molar-refractivity contribution in [3.63, 3.8) is 0 Å². The van der Waals surface area contributed by atoms with Gasteiger partial charge in [0, 0.05) is 17.2 Å². The average molecular weight is 491 g/mol. The van der Waals surface area contributed by atoms with E-state index in [0.29, 0.717) is 38.1 Å². The van der Waals surface area contributed by atoms with Gasteiger partial charge in [-0.25, -0.2) is 8.60 Å². The third-order valence-corrected chi connectivity index (χ3v) is 8.41. The van der Waals surface area contributed by atoms with Crippen LogP contribution < -0.4 is 10.2 Å². The standard InChI is InChI=1S/C28H27FN2O3S/c1-18-10-13-21(14-11-18)30-27(32)19-12-15-26-24(16-19)31(17-20-6-2-4-8-23(20)29)28(33)22-7-3-5-9-25(22)35(26)34/h2-9,12,15-16,18,21H,10-11,13-14,17H2,1H3,(H,30,32)/t18?,21?,35-/m1/s1. The lowest BCUT2D eigenvalue weighted by atomic mass is 9.87. The van der Waals surface area contributed by atoms with E-state index in [1.807, 2.05) is 0 Å². The summed E-state index contributed by atoms with van der Waals surface area (Å²) in [5.41, 5.74) is 1.39. The number of nitrogens with zero attached hydrogens (tertiary/aromatic N) is 1. The molecule has 1 atom stereocenters. The lowest BCUT2D eigenvalue weighted by Gasteiger charge is -2.27. The summed E-state index contributed by atoms with van der Waals surface area (Å²) in [4.78, 5) is 29.0. The Balaban J connectivity index is 1.55. The largest absolute Gasteiger partial charge is 0.349 e. The minimum Gasteiger partial charge on any atom is -0.349 e. The van der Waals surface area contributed by atoms with Gasteiger partial charge in [0.05, 0.1) is 38.4 Å². The van der Waals surface area contributed by atoms with Crippen LogP contribution in [-0.4, -0.2) is 22.1 Å². The molecule has 7 heteroatoms. The van der Waals surface area contributed by atoms with Crippen LogP contribution >= 0.6 is 0 Å². The van der Waals surface area contributed by atoms with Gasteiger partial charge < -0.3 is 10.2 Å². The van der Waals surface area contributed by atoms with E-state index in [0.717, 1.165) is 25.7 Å². The highest BCUT2D eigenvalue weighted by Gasteiger charge is 2.32. The Morgan fingerprint density at radius 1 is 1.00 bits per heavy atom. The molecule has 180 valence electrons. The monoisotopic (exact) mass is 490 g/mol. The zero-order valence-electron chi connectivity index (χ0n) is 19.5. The lowest BCUT2D eigenvalue weighted by molar-refractivity contribution is 0.0921. The van der Waals surface area contributed by atoms with E-state index < -0.39 is 16.6 Å². The molecule has 0 saturated heterocycles. The Hall–Kier alpha value is -3.32. The maximum absolute atomic E-state index is 14.6. The SMILES string of the molecule is CC1CCC(NC(=O)c2ccc3c(c2)N(Cc2ccccc2F)C(=O)c2ccccc2[S@]3=O)CC1. The summed E-state index contributed by atoms with van der Waals surface area (Å²) in [6.07, 6.45) is 4.04. The number of rotatable bonds is 4. The number of nitrogens with one attached hydrogen (secondary N) is 1. The van der Waals surface area contributed by atoms with E-state index in [1.165, 1.54) is 11.0 Å². The highest BCUT2D eigenvalue weighted by molar-refractivity contribution is 7.85. The van der Waals surface area contributed by atoms with Crippen LogP contribution in [0.5, 0.6) is 0 Å². The second kappa shape index (κ2) is 9.74. The van der Waals surface area contributed by atoms with E-state index >= 15 is 0 Å². The number of carbonyl (C=O) groups excluding carboxylic acids is 2. The van der Waals surface area contributed by atoms with Crippen molar-refractivity contribution in [2.24, 2.45) is 5.92 Å². The van der Waals surface area contributed by atoms with Gasteiger partial charge in [0.15, 0.2) is 0 Å². The Kier molecular flexibility index (Phi) is 6.52. The second-order valence-corrected chi connectivity index (χ2v) is 10.8. The van der Waals surface area contributed by atoms with Crippen LogP contribution in [0.4, 0.5) is 10.1 Å². The summed E-state index contributed by atoms with van der Waals surface area (Å²) in [6, 6.07) is 18.1. The second-order valence-electron chi connectivity index (χ2n) is 9.36. The molecule has 35 heavy (non-hydrogen) atoms. The number of fused-ring (bicyclic) bond motifs is 2. The smallest absolute Gasteiger partial charge is 0.259 e. The first-order valence-corrected chi connectivity index (χ1v) is 13.1.